The Morgan fingerprint density at radius 2 is 2.00 bits per heavy atom. The van der Waals surface area contributed by atoms with Crippen molar-refractivity contribution in [1.82, 2.24) is 0 Å². The molecule has 1 aliphatic carbocycles. The molecule has 2 rings (SSSR count). The summed E-state index contributed by atoms with van der Waals surface area (Å²) in [5, 5.41) is 8.36. The zero-order valence-electron chi connectivity index (χ0n) is 11.2. The van der Waals surface area contributed by atoms with Crippen LogP contribution in [0.5, 0.6) is 0 Å². The molecule has 1 saturated carbocycles. The number of carbonyl (C=O) groups excluding carboxylic acids is 1. The molecule has 0 aromatic heterocycles. The minimum absolute atomic E-state index is 0.111. The fourth-order valence-corrected chi connectivity index (χ4v) is 4.47. The lowest BCUT2D eigenvalue weighted by molar-refractivity contribution is -0.147. The second-order valence-corrected chi connectivity index (χ2v) is 7.01. The molecule has 1 aromatic carbocycles. The number of esters is 1. The summed E-state index contributed by atoms with van der Waals surface area (Å²) in [6, 6.07) is 10.6. The summed E-state index contributed by atoms with van der Waals surface area (Å²) in [5.41, 5.74) is -0.956. The number of hydrogen-bond acceptors (Lipinski definition) is 5. The van der Waals surface area contributed by atoms with Gasteiger partial charge in [-0.1, -0.05) is 30.3 Å². The first-order valence-electron chi connectivity index (χ1n) is 6.21. The molecule has 0 amide bonds. The smallest absolute Gasteiger partial charge is 0.328 e. The van der Waals surface area contributed by atoms with Crippen LogP contribution in [0.4, 0.5) is 0 Å². The van der Waals surface area contributed by atoms with Gasteiger partial charge in [0.2, 0.25) is 0 Å². The second kappa shape index (κ2) is 4.91. The molecule has 6 heteroatoms. The van der Waals surface area contributed by atoms with E-state index in [0.29, 0.717) is 5.56 Å². The average molecular weight is 293 g/mol. The van der Waals surface area contributed by atoms with E-state index >= 15 is 0 Å². The summed E-state index contributed by atoms with van der Waals surface area (Å²) in [6.45, 7) is 1.73. The third-order valence-corrected chi connectivity index (χ3v) is 5.12. The Balaban J connectivity index is 2.50. The van der Waals surface area contributed by atoms with Crippen LogP contribution in [0.25, 0.3) is 0 Å². The van der Waals surface area contributed by atoms with Crippen LogP contribution in [-0.2, 0) is 19.4 Å². The third kappa shape index (κ3) is 2.08. The Morgan fingerprint density at radius 1 is 1.40 bits per heavy atom. The molecule has 0 aliphatic heterocycles. The van der Waals surface area contributed by atoms with Gasteiger partial charge >= 0.3 is 5.97 Å². The molecule has 106 valence electrons. The number of benzene rings is 1. The highest BCUT2D eigenvalue weighted by Gasteiger charge is 2.76. The maximum Gasteiger partial charge on any atom is 0.328 e. The summed E-state index contributed by atoms with van der Waals surface area (Å²) in [7, 11) is -3.53. The molecule has 0 bridgehead atoms. The largest absolute Gasteiger partial charge is 0.465 e. The van der Waals surface area contributed by atoms with Crippen LogP contribution >= 0.6 is 0 Å². The second-order valence-electron chi connectivity index (χ2n) is 4.84. The van der Waals surface area contributed by atoms with Gasteiger partial charge in [-0.05, 0) is 12.5 Å². The molecule has 1 aliphatic rings. The maximum atomic E-state index is 12.1. The first-order valence-corrected chi connectivity index (χ1v) is 8.17. The van der Waals surface area contributed by atoms with E-state index < -0.39 is 32.4 Å². The number of hydrogen-bond donors (Lipinski definition) is 0. The summed E-state index contributed by atoms with van der Waals surface area (Å²) in [6.07, 6.45) is 1.05. The lowest BCUT2D eigenvalue weighted by atomic mass is 10.0. The monoisotopic (exact) mass is 293 g/mol. The van der Waals surface area contributed by atoms with Crippen LogP contribution < -0.4 is 0 Å². The normalized spacial score (nSPS) is 28.4. The molecule has 0 unspecified atom stereocenters. The van der Waals surface area contributed by atoms with E-state index in [-0.39, 0.29) is 6.61 Å². The predicted molar refractivity (Wildman–Crippen MR) is 72.5 cm³/mol. The first kappa shape index (κ1) is 14.5. The van der Waals surface area contributed by atoms with Crippen LogP contribution in [0.2, 0.25) is 0 Å². The maximum absolute atomic E-state index is 12.1. The fourth-order valence-electron chi connectivity index (χ4n) is 2.71. The third-order valence-electron chi connectivity index (χ3n) is 3.55. The van der Waals surface area contributed by atoms with Crippen molar-refractivity contribution < 1.29 is 17.9 Å². The van der Waals surface area contributed by atoms with Crippen molar-refractivity contribution in [2.24, 2.45) is 5.41 Å². The minimum atomic E-state index is -3.53. The van der Waals surface area contributed by atoms with Gasteiger partial charge in [-0.3, -0.25) is 4.79 Å². The molecule has 0 spiro atoms. The van der Waals surface area contributed by atoms with Crippen LogP contribution in [0, 0.1) is 16.7 Å². The first-order chi connectivity index (χ1) is 9.39. The highest BCUT2D eigenvalue weighted by Crippen LogP contribution is 2.63. The van der Waals surface area contributed by atoms with Gasteiger partial charge in [-0.15, -0.1) is 0 Å². The van der Waals surface area contributed by atoms with E-state index in [2.05, 4.69) is 0 Å². The van der Waals surface area contributed by atoms with E-state index in [1.165, 1.54) is 0 Å². The fraction of sp³-hybridized carbons (Fsp3) is 0.429. The Hall–Kier alpha value is -1.87. The number of ether oxygens (including phenoxy) is 1. The molecule has 0 N–H and O–H groups in total. The van der Waals surface area contributed by atoms with E-state index in [4.69, 9.17) is 4.74 Å². The summed E-state index contributed by atoms with van der Waals surface area (Å²) in [4.78, 5) is 12.1. The van der Waals surface area contributed by atoms with Crippen LogP contribution in [0.3, 0.4) is 0 Å². The van der Waals surface area contributed by atoms with Gasteiger partial charge in [0.15, 0.2) is 15.3 Å². The predicted octanol–water partition coefficient (Wildman–Crippen LogP) is 1.27. The highest BCUT2D eigenvalue weighted by molar-refractivity contribution is 7.91. The van der Waals surface area contributed by atoms with Crippen molar-refractivity contribution in [3.05, 3.63) is 35.9 Å². The quantitative estimate of drug-likeness (QED) is 0.780. The van der Waals surface area contributed by atoms with Crippen LogP contribution in [0.15, 0.2) is 30.3 Å². The van der Waals surface area contributed by atoms with Gasteiger partial charge in [-0.25, -0.2) is 8.42 Å². The topological polar surface area (TPSA) is 84.2 Å². The van der Waals surface area contributed by atoms with Gasteiger partial charge in [-0.2, -0.15) is 5.26 Å². The van der Waals surface area contributed by atoms with Gasteiger partial charge < -0.3 is 4.74 Å². The zero-order valence-corrected chi connectivity index (χ0v) is 12.1. The molecule has 3 atom stereocenters. The van der Waals surface area contributed by atoms with Crippen LogP contribution in [-0.4, -0.2) is 32.5 Å². The number of carbonyl (C=O) groups is 1. The molecular weight excluding hydrogens is 278 g/mol. The molecule has 0 radical (unpaired) electrons. The summed E-state index contributed by atoms with van der Waals surface area (Å²) in [5.74, 6) is -1.42. The molecule has 0 saturated heterocycles. The number of rotatable bonds is 4. The Bertz CT molecular complexity index is 662. The molecule has 1 fully saturated rings. The average Bonchev–Trinajstić information content (AvgIpc) is 3.11. The van der Waals surface area contributed by atoms with Crippen LogP contribution in [0.1, 0.15) is 18.4 Å². The van der Waals surface area contributed by atoms with Gasteiger partial charge in [0.05, 0.1) is 12.7 Å². The number of nitrogens with zero attached hydrogens (tertiary/aromatic N) is 1. The highest BCUT2D eigenvalue weighted by atomic mass is 32.2. The molecule has 20 heavy (non-hydrogen) atoms. The lowest BCUT2D eigenvalue weighted by Crippen LogP contribution is -2.24. The van der Waals surface area contributed by atoms with Crippen molar-refractivity contribution in [3.63, 3.8) is 0 Å². The van der Waals surface area contributed by atoms with Gasteiger partial charge in [0, 0.05) is 12.2 Å². The standard InChI is InChI=1S/C14H15NO4S/c1-3-19-13(16)14(9-15)11(12(14)20(2,17)18)10-7-5-4-6-8-10/h4-8,11-12H,3H2,1-2H3/t11-,12-,14+/m0/s1. The summed E-state index contributed by atoms with van der Waals surface area (Å²) < 4.78 is 28.7. The van der Waals surface area contributed by atoms with Gasteiger partial charge in [0.25, 0.3) is 0 Å². The number of nitriles is 1. The van der Waals surface area contributed by atoms with Gasteiger partial charge in [0.1, 0.15) is 5.25 Å². The van der Waals surface area contributed by atoms with Crippen molar-refractivity contribution in [2.75, 3.05) is 12.9 Å². The Kier molecular flexibility index (Phi) is 3.57. The molecular formula is C14H15NO4S. The lowest BCUT2D eigenvalue weighted by Gasteiger charge is -2.07. The minimum Gasteiger partial charge on any atom is -0.465 e. The van der Waals surface area contributed by atoms with Crippen molar-refractivity contribution in [1.29, 1.82) is 5.26 Å². The van der Waals surface area contributed by atoms with Crippen molar-refractivity contribution in [3.8, 4) is 6.07 Å². The van der Waals surface area contributed by atoms with E-state index in [1.807, 2.05) is 6.07 Å². The number of sulfone groups is 1. The van der Waals surface area contributed by atoms with E-state index in [1.54, 1.807) is 37.3 Å². The zero-order chi connectivity index (χ0) is 15.0. The molecule has 1 aromatic rings. The Morgan fingerprint density at radius 3 is 2.45 bits per heavy atom. The Labute approximate surface area is 118 Å². The van der Waals surface area contributed by atoms with E-state index in [0.717, 1.165) is 6.26 Å². The van der Waals surface area contributed by atoms with E-state index in [9.17, 15) is 18.5 Å². The SMILES string of the molecule is CCOC(=O)[C@]1(C#N)[C@@H](c2ccccc2)[C@@H]1S(C)(=O)=O. The molecule has 0 heterocycles. The van der Waals surface area contributed by atoms with Crippen molar-refractivity contribution in [2.45, 2.75) is 18.1 Å². The molecule has 5 nitrogen and oxygen atoms in total. The summed E-state index contributed by atoms with van der Waals surface area (Å²) >= 11 is 0. The van der Waals surface area contributed by atoms with Crippen molar-refractivity contribution >= 4 is 15.8 Å².